The smallest absolute Gasteiger partial charge is 0.335 e. The Balaban J connectivity index is 1.57. The summed E-state index contributed by atoms with van der Waals surface area (Å²) in [6.45, 7) is 2.49. The molecule has 1 saturated heterocycles. The van der Waals surface area contributed by atoms with E-state index in [1.807, 2.05) is 24.3 Å². The molecule has 0 saturated carbocycles. The highest BCUT2D eigenvalue weighted by molar-refractivity contribution is 6.42. The molecule has 2 N–H and O–H groups in total. The topological polar surface area (TPSA) is 52.6 Å². The van der Waals surface area contributed by atoms with Crippen LogP contribution in [0.3, 0.4) is 0 Å². The number of carboxylic acid groups (broad SMARTS) is 1. The van der Waals surface area contributed by atoms with Crippen LogP contribution in [0, 0.1) is 0 Å². The number of rotatable bonds is 5. The highest BCUT2D eigenvalue weighted by atomic mass is 35.5. The van der Waals surface area contributed by atoms with Crippen LogP contribution >= 0.6 is 23.2 Å². The molecule has 6 heteroatoms. The summed E-state index contributed by atoms with van der Waals surface area (Å²) in [6.07, 6.45) is 1.03. The van der Waals surface area contributed by atoms with Gasteiger partial charge in [0.1, 0.15) is 0 Å². The number of carboxylic acids is 1. The van der Waals surface area contributed by atoms with Crippen LogP contribution in [-0.4, -0.2) is 30.2 Å². The third-order valence-electron chi connectivity index (χ3n) is 4.23. The van der Waals surface area contributed by atoms with Crippen molar-refractivity contribution < 1.29 is 9.90 Å². The Kier molecular flexibility index (Phi) is 5.29. The minimum Gasteiger partial charge on any atom is -0.478 e. The zero-order valence-corrected chi connectivity index (χ0v) is 14.5. The van der Waals surface area contributed by atoms with E-state index < -0.39 is 5.97 Å². The van der Waals surface area contributed by atoms with Gasteiger partial charge in [-0.1, -0.05) is 35.3 Å². The molecule has 1 atom stereocenters. The van der Waals surface area contributed by atoms with Gasteiger partial charge in [-0.25, -0.2) is 4.79 Å². The summed E-state index contributed by atoms with van der Waals surface area (Å²) >= 11 is 12.1. The van der Waals surface area contributed by atoms with Gasteiger partial charge in [0, 0.05) is 31.4 Å². The summed E-state index contributed by atoms with van der Waals surface area (Å²) in [4.78, 5) is 13.3. The van der Waals surface area contributed by atoms with Crippen molar-refractivity contribution in [2.45, 2.75) is 19.0 Å². The van der Waals surface area contributed by atoms with Crippen LogP contribution in [-0.2, 0) is 6.54 Å². The predicted molar refractivity (Wildman–Crippen MR) is 97.3 cm³/mol. The van der Waals surface area contributed by atoms with Crippen molar-refractivity contribution in [2.75, 3.05) is 18.0 Å². The first-order valence-corrected chi connectivity index (χ1v) is 8.54. The van der Waals surface area contributed by atoms with Gasteiger partial charge >= 0.3 is 5.97 Å². The molecule has 0 radical (unpaired) electrons. The number of hydrogen-bond donors (Lipinski definition) is 2. The number of nitrogens with zero attached hydrogens (tertiary/aromatic N) is 1. The number of carbonyl (C=O) groups is 1. The fourth-order valence-electron chi connectivity index (χ4n) is 2.92. The summed E-state index contributed by atoms with van der Waals surface area (Å²) in [5.41, 5.74) is 2.36. The molecule has 0 bridgehead atoms. The molecule has 4 nitrogen and oxygen atoms in total. The van der Waals surface area contributed by atoms with Crippen LogP contribution in [0.4, 0.5) is 5.69 Å². The number of halogens is 2. The van der Waals surface area contributed by atoms with Crippen LogP contribution < -0.4 is 10.2 Å². The summed E-state index contributed by atoms with van der Waals surface area (Å²) in [5, 5.41) is 13.7. The van der Waals surface area contributed by atoms with Gasteiger partial charge in [-0.3, -0.25) is 0 Å². The maximum atomic E-state index is 11.0. The second kappa shape index (κ2) is 7.43. The van der Waals surface area contributed by atoms with Gasteiger partial charge in [0.15, 0.2) is 0 Å². The van der Waals surface area contributed by atoms with E-state index in [0.29, 0.717) is 28.2 Å². The van der Waals surface area contributed by atoms with E-state index in [1.165, 1.54) is 0 Å². The van der Waals surface area contributed by atoms with Crippen LogP contribution in [0.2, 0.25) is 10.0 Å². The first kappa shape index (κ1) is 17.1. The van der Waals surface area contributed by atoms with E-state index in [-0.39, 0.29) is 0 Å². The van der Waals surface area contributed by atoms with E-state index in [1.54, 1.807) is 18.2 Å². The number of benzene rings is 2. The zero-order chi connectivity index (χ0) is 17.1. The predicted octanol–water partition coefficient (Wildman–Crippen LogP) is 4.06. The Morgan fingerprint density at radius 3 is 2.79 bits per heavy atom. The third-order valence-corrected chi connectivity index (χ3v) is 4.96. The molecule has 1 fully saturated rings. The van der Waals surface area contributed by atoms with Gasteiger partial charge in [-0.05, 0) is 42.3 Å². The lowest BCUT2D eigenvalue weighted by Crippen LogP contribution is -2.32. The summed E-state index contributed by atoms with van der Waals surface area (Å²) < 4.78 is 0. The molecule has 1 aliphatic heterocycles. The molecule has 0 aliphatic carbocycles. The number of hydrogen-bond acceptors (Lipinski definition) is 3. The Bertz CT molecular complexity index is 752. The summed E-state index contributed by atoms with van der Waals surface area (Å²) in [7, 11) is 0. The molecule has 3 rings (SSSR count). The quantitative estimate of drug-likeness (QED) is 0.839. The zero-order valence-electron chi connectivity index (χ0n) is 13.0. The molecular weight excluding hydrogens is 347 g/mol. The van der Waals surface area contributed by atoms with Gasteiger partial charge in [0.05, 0.1) is 15.6 Å². The lowest BCUT2D eigenvalue weighted by molar-refractivity contribution is 0.0696. The van der Waals surface area contributed by atoms with E-state index in [0.717, 1.165) is 30.8 Å². The molecule has 0 aromatic heterocycles. The molecule has 1 unspecified atom stereocenters. The van der Waals surface area contributed by atoms with E-state index in [9.17, 15) is 4.79 Å². The largest absolute Gasteiger partial charge is 0.478 e. The van der Waals surface area contributed by atoms with Gasteiger partial charge in [-0.2, -0.15) is 0 Å². The molecule has 2 aromatic rings. The Morgan fingerprint density at radius 2 is 2.04 bits per heavy atom. The molecule has 0 amide bonds. The highest BCUT2D eigenvalue weighted by Gasteiger charge is 2.22. The average Bonchev–Trinajstić information content (AvgIpc) is 3.05. The third kappa shape index (κ3) is 4.01. The van der Waals surface area contributed by atoms with E-state index in [2.05, 4.69) is 10.2 Å². The van der Waals surface area contributed by atoms with Crippen molar-refractivity contribution in [3.05, 3.63) is 63.6 Å². The van der Waals surface area contributed by atoms with Gasteiger partial charge in [-0.15, -0.1) is 0 Å². The lowest BCUT2D eigenvalue weighted by atomic mass is 10.1. The number of nitrogens with one attached hydrogen (secondary N) is 1. The summed E-state index contributed by atoms with van der Waals surface area (Å²) in [5.74, 6) is -0.900. The first-order valence-electron chi connectivity index (χ1n) is 7.78. The van der Waals surface area contributed by atoms with E-state index in [4.69, 9.17) is 28.3 Å². The Morgan fingerprint density at radius 1 is 1.21 bits per heavy atom. The van der Waals surface area contributed by atoms with Gasteiger partial charge < -0.3 is 15.3 Å². The molecule has 1 aliphatic rings. The van der Waals surface area contributed by atoms with Crippen molar-refractivity contribution in [1.82, 2.24) is 5.32 Å². The van der Waals surface area contributed by atoms with Crippen molar-refractivity contribution in [2.24, 2.45) is 0 Å². The molecule has 0 spiro atoms. The minimum atomic E-state index is -0.900. The molecule has 126 valence electrons. The standard InChI is InChI=1S/C18H18Cl2N2O2/c19-16-5-4-15(9-17(16)20)22-7-6-14(11-22)21-10-12-2-1-3-13(8-12)18(23)24/h1-5,8-9,14,21H,6-7,10-11H2,(H,23,24). The van der Waals surface area contributed by atoms with Crippen molar-refractivity contribution >= 4 is 34.9 Å². The number of aromatic carboxylic acids is 1. The molecule has 24 heavy (non-hydrogen) atoms. The molecule has 2 aromatic carbocycles. The normalized spacial score (nSPS) is 17.2. The maximum absolute atomic E-state index is 11.0. The maximum Gasteiger partial charge on any atom is 0.335 e. The Hall–Kier alpha value is -1.75. The van der Waals surface area contributed by atoms with Crippen LogP contribution in [0.25, 0.3) is 0 Å². The van der Waals surface area contributed by atoms with E-state index >= 15 is 0 Å². The second-order valence-electron chi connectivity index (χ2n) is 5.92. The van der Waals surface area contributed by atoms with Crippen LogP contribution in [0.5, 0.6) is 0 Å². The van der Waals surface area contributed by atoms with Gasteiger partial charge in [0.2, 0.25) is 0 Å². The molecular formula is C18H18Cl2N2O2. The van der Waals surface area contributed by atoms with Gasteiger partial charge in [0.25, 0.3) is 0 Å². The second-order valence-corrected chi connectivity index (χ2v) is 6.73. The number of anilines is 1. The van der Waals surface area contributed by atoms with Crippen LogP contribution in [0.1, 0.15) is 22.3 Å². The fourth-order valence-corrected chi connectivity index (χ4v) is 3.21. The fraction of sp³-hybridized carbons (Fsp3) is 0.278. The van der Waals surface area contributed by atoms with Crippen molar-refractivity contribution in [3.63, 3.8) is 0 Å². The molecule has 1 heterocycles. The highest BCUT2D eigenvalue weighted by Crippen LogP contribution is 2.29. The monoisotopic (exact) mass is 364 g/mol. The summed E-state index contributed by atoms with van der Waals surface area (Å²) in [6, 6.07) is 13.1. The van der Waals surface area contributed by atoms with Crippen LogP contribution in [0.15, 0.2) is 42.5 Å². The van der Waals surface area contributed by atoms with Crippen molar-refractivity contribution in [3.8, 4) is 0 Å². The minimum absolute atomic E-state index is 0.318. The lowest BCUT2D eigenvalue weighted by Gasteiger charge is -2.19. The Labute approximate surface area is 151 Å². The first-order chi connectivity index (χ1) is 11.5. The van der Waals surface area contributed by atoms with Crippen molar-refractivity contribution in [1.29, 1.82) is 0 Å². The SMILES string of the molecule is O=C(O)c1cccc(CNC2CCN(c3ccc(Cl)c(Cl)c3)C2)c1. The average molecular weight is 365 g/mol.